The third-order valence-electron chi connectivity index (χ3n) is 5.46. The van der Waals surface area contributed by atoms with Crippen LogP contribution in [0.4, 0.5) is 23.2 Å². The highest BCUT2D eigenvalue weighted by Crippen LogP contribution is 2.30. The fourth-order valence-corrected chi connectivity index (χ4v) is 3.72. The van der Waals surface area contributed by atoms with Gasteiger partial charge in [-0.1, -0.05) is 17.3 Å². The van der Waals surface area contributed by atoms with Crippen molar-refractivity contribution in [3.05, 3.63) is 65.9 Å². The summed E-state index contributed by atoms with van der Waals surface area (Å²) in [4.78, 5) is 2.19. The molecule has 0 atom stereocenters. The number of benzene rings is 2. The van der Waals surface area contributed by atoms with Crippen molar-refractivity contribution < 1.29 is 22.0 Å². The Bertz CT molecular complexity index is 1280. The van der Waals surface area contributed by atoms with Crippen LogP contribution < -0.4 is 10.2 Å². The monoisotopic (exact) mass is 473 g/mol. The Morgan fingerprint density at radius 1 is 0.971 bits per heavy atom. The molecular weight excluding hydrogens is 454 g/mol. The second-order valence-corrected chi connectivity index (χ2v) is 7.81. The molecule has 8 nitrogen and oxygen atoms in total. The Morgan fingerprint density at radius 2 is 1.74 bits per heavy atom. The van der Waals surface area contributed by atoms with Crippen LogP contribution >= 0.6 is 0 Å². The van der Waals surface area contributed by atoms with Crippen molar-refractivity contribution in [2.75, 3.05) is 31.1 Å². The topological polar surface area (TPSA) is 84.9 Å². The summed E-state index contributed by atoms with van der Waals surface area (Å²) in [5.74, 6) is -2.00. The molecule has 34 heavy (non-hydrogen) atoms. The lowest BCUT2D eigenvalue weighted by atomic mass is 10.1. The van der Waals surface area contributed by atoms with Gasteiger partial charge in [0, 0.05) is 43.0 Å². The second kappa shape index (κ2) is 8.86. The molecule has 176 valence electrons. The molecule has 0 unspecified atom stereocenters. The highest BCUT2D eigenvalue weighted by molar-refractivity contribution is 5.66. The largest absolute Gasteiger partial charge is 0.470 e. The van der Waals surface area contributed by atoms with E-state index in [-0.39, 0.29) is 11.7 Å². The number of hydrogen-bond donors (Lipinski definition) is 1. The Balaban J connectivity index is 1.31. The molecule has 1 aliphatic rings. The average molecular weight is 473 g/mol. The van der Waals surface area contributed by atoms with Crippen molar-refractivity contribution in [3.8, 4) is 22.7 Å². The number of nitrogens with zero attached hydrogens (tertiary/aromatic N) is 6. The lowest BCUT2D eigenvalue weighted by molar-refractivity contribution is -0.156. The Labute approximate surface area is 191 Å². The quantitative estimate of drug-likeness (QED) is 0.444. The molecule has 3 heterocycles. The minimum absolute atomic E-state index is 0.221. The van der Waals surface area contributed by atoms with Crippen LogP contribution in [-0.2, 0) is 12.7 Å². The number of piperazine rings is 1. The first-order valence-corrected chi connectivity index (χ1v) is 10.5. The first-order chi connectivity index (χ1) is 16.4. The van der Waals surface area contributed by atoms with E-state index in [2.05, 4.69) is 30.7 Å². The number of halogens is 4. The van der Waals surface area contributed by atoms with Crippen molar-refractivity contribution in [2.45, 2.75) is 12.7 Å². The van der Waals surface area contributed by atoms with Crippen LogP contribution in [0.25, 0.3) is 22.7 Å². The van der Waals surface area contributed by atoms with Gasteiger partial charge in [-0.2, -0.15) is 13.2 Å². The average Bonchev–Trinajstić information content (AvgIpc) is 3.51. The molecule has 1 saturated heterocycles. The molecule has 0 saturated carbocycles. The number of nitrogens with one attached hydrogen (secondary N) is 1. The predicted molar refractivity (Wildman–Crippen MR) is 114 cm³/mol. The summed E-state index contributed by atoms with van der Waals surface area (Å²) in [5.41, 5.74) is 2.88. The van der Waals surface area contributed by atoms with E-state index in [1.807, 2.05) is 0 Å². The minimum Gasteiger partial charge on any atom is -0.413 e. The number of rotatable bonds is 5. The molecule has 1 fully saturated rings. The number of anilines is 1. The standard InChI is InChI=1S/C22H19F4N7O/c23-18-6-5-16(32-9-7-27-8-10-32)11-17(18)19-13-33(31-28-19)12-14-1-3-15(4-2-14)20-29-30-21(34-20)22(24,25)26/h1-6,11,13,27H,7-10,12H2. The molecule has 0 radical (unpaired) electrons. The lowest BCUT2D eigenvalue weighted by Gasteiger charge is -2.29. The van der Waals surface area contributed by atoms with Gasteiger partial charge in [0.25, 0.3) is 0 Å². The number of hydrogen-bond acceptors (Lipinski definition) is 7. The van der Waals surface area contributed by atoms with Crippen LogP contribution in [0.3, 0.4) is 0 Å². The number of aromatic nitrogens is 5. The summed E-state index contributed by atoms with van der Waals surface area (Å²) < 4.78 is 58.7. The van der Waals surface area contributed by atoms with Crippen molar-refractivity contribution >= 4 is 5.69 Å². The molecule has 1 N–H and O–H groups in total. The van der Waals surface area contributed by atoms with E-state index in [9.17, 15) is 17.6 Å². The molecular formula is C22H19F4N7O. The minimum atomic E-state index is -4.69. The first-order valence-electron chi connectivity index (χ1n) is 10.5. The molecule has 0 aliphatic carbocycles. The van der Waals surface area contributed by atoms with E-state index in [1.54, 1.807) is 47.3 Å². The molecule has 2 aromatic heterocycles. The normalized spacial score (nSPS) is 14.5. The molecule has 4 aromatic rings. The van der Waals surface area contributed by atoms with Crippen LogP contribution in [0.2, 0.25) is 0 Å². The maximum absolute atomic E-state index is 14.5. The lowest BCUT2D eigenvalue weighted by Crippen LogP contribution is -2.43. The van der Waals surface area contributed by atoms with Crippen molar-refractivity contribution in [1.29, 1.82) is 0 Å². The summed E-state index contributed by atoms with van der Waals surface area (Å²) in [7, 11) is 0. The van der Waals surface area contributed by atoms with E-state index in [0.29, 0.717) is 23.4 Å². The van der Waals surface area contributed by atoms with Gasteiger partial charge in [0.15, 0.2) is 0 Å². The van der Waals surface area contributed by atoms with E-state index in [1.165, 1.54) is 6.07 Å². The van der Waals surface area contributed by atoms with Crippen molar-refractivity contribution in [2.24, 2.45) is 0 Å². The zero-order valence-electron chi connectivity index (χ0n) is 17.8. The van der Waals surface area contributed by atoms with Gasteiger partial charge in [0.1, 0.15) is 11.5 Å². The van der Waals surface area contributed by atoms with Gasteiger partial charge in [-0.3, -0.25) is 0 Å². The Kier molecular flexibility index (Phi) is 5.74. The van der Waals surface area contributed by atoms with E-state index in [0.717, 1.165) is 37.4 Å². The Morgan fingerprint density at radius 3 is 2.44 bits per heavy atom. The van der Waals surface area contributed by atoms with Gasteiger partial charge in [0.05, 0.1) is 12.7 Å². The van der Waals surface area contributed by atoms with E-state index >= 15 is 0 Å². The summed E-state index contributed by atoms with van der Waals surface area (Å²) >= 11 is 0. The molecule has 0 bridgehead atoms. The maximum atomic E-state index is 14.5. The zero-order chi connectivity index (χ0) is 23.7. The fourth-order valence-electron chi connectivity index (χ4n) is 3.72. The second-order valence-electron chi connectivity index (χ2n) is 7.81. The van der Waals surface area contributed by atoms with Crippen LogP contribution in [0.15, 0.2) is 53.1 Å². The van der Waals surface area contributed by atoms with E-state index < -0.39 is 12.1 Å². The van der Waals surface area contributed by atoms with Crippen molar-refractivity contribution in [1.82, 2.24) is 30.5 Å². The third kappa shape index (κ3) is 4.62. The van der Waals surface area contributed by atoms with Gasteiger partial charge < -0.3 is 14.6 Å². The van der Waals surface area contributed by atoms with Crippen LogP contribution in [0.5, 0.6) is 0 Å². The van der Waals surface area contributed by atoms with Crippen LogP contribution in [0, 0.1) is 5.82 Å². The third-order valence-corrected chi connectivity index (χ3v) is 5.46. The van der Waals surface area contributed by atoms with E-state index in [4.69, 9.17) is 4.42 Å². The smallest absolute Gasteiger partial charge is 0.413 e. The summed E-state index contributed by atoms with van der Waals surface area (Å²) in [5, 5.41) is 18.0. The molecule has 0 amide bonds. The molecule has 1 aliphatic heterocycles. The van der Waals surface area contributed by atoms with Crippen LogP contribution in [-0.4, -0.2) is 51.4 Å². The summed E-state index contributed by atoms with van der Waals surface area (Å²) in [6, 6.07) is 11.6. The predicted octanol–water partition coefficient (Wildman–Crippen LogP) is 3.61. The first kappa shape index (κ1) is 22.0. The van der Waals surface area contributed by atoms with Crippen molar-refractivity contribution in [3.63, 3.8) is 0 Å². The van der Waals surface area contributed by atoms with Crippen LogP contribution in [0.1, 0.15) is 11.5 Å². The Hall–Kier alpha value is -3.80. The SMILES string of the molecule is Fc1ccc(N2CCNCC2)cc1-c1cn(Cc2ccc(-c3nnc(C(F)(F)F)o3)cc2)nn1. The summed E-state index contributed by atoms with van der Waals surface area (Å²) in [6.07, 6.45) is -3.04. The summed E-state index contributed by atoms with van der Waals surface area (Å²) in [6.45, 7) is 3.77. The molecule has 0 spiro atoms. The molecule has 5 rings (SSSR count). The maximum Gasteiger partial charge on any atom is 0.470 e. The zero-order valence-corrected chi connectivity index (χ0v) is 17.8. The highest BCUT2D eigenvalue weighted by atomic mass is 19.4. The van der Waals surface area contributed by atoms with Gasteiger partial charge in [-0.05, 0) is 35.9 Å². The van der Waals surface area contributed by atoms with Gasteiger partial charge in [0.2, 0.25) is 5.89 Å². The van der Waals surface area contributed by atoms with Gasteiger partial charge in [-0.15, -0.1) is 15.3 Å². The fraction of sp³-hybridized carbons (Fsp3) is 0.273. The van der Waals surface area contributed by atoms with Gasteiger partial charge >= 0.3 is 12.1 Å². The molecule has 12 heteroatoms. The highest BCUT2D eigenvalue weighted by Gasteiger charge is 2.38. The molecule has 2 aromatic carbocycles. The number of alkyl halides is 3. The van der Waals surface area contributed by atoms with Gasteiger partial charge in [-0.25, -0.2) is 9.07 Å².